The molecule has 0 aliphatic rings. The van der Waals surface area contributed by atoms with Gasteiger partial charge in [-0.1, -0.05) is 55.8 Å². The summed E-state index contributed by atoms with van der Waals surface area (Å²) in [6, 6.07) is 9.54. The first-order valence-corrected chi connectivity index (χ1v) is 7.37. The smallest absolute Gasteiger partial charge is 0.137 e. The quantitative estimate of drug-likeness (QED) is 0.827. The number of nitrogens with one attached hydrogen (secondary N) is 1. The lowest BCUT2D eigenvalue weighted by Crippen LogP contribution is -2.17. The SMILES string of the molecule is Cc1c(Cl)nc(C(C)C)nc1NC(CO)c1ccccc1. The Morgan fingerprint density at radius 3 is 2.43 bits per heavy atom. The van der Waals surface area contributed by atoms with E-state index in [1.807, 2.05) is 51.1 Å². The number of benzene rings is 1. The number of anilines is 1. The van der Waals surface area contributed by atoms with E-state index in [1.54, 1.807) is 0 Å². The van der Waals surface area contributed by atoms with Crippen molar-refractivity contribution in [1.82, 2.24) is 9.97 Å². The molecule has 1 heterocycles. The molecule has 1 aromatic carbocycles. The molecular formula is C16H20ClN3O. The highest BCUT2D eigenvalue weighted by atomic mass is 35.5. The van der Waals surface area contributed by atoms with Crippen molar-refractivity contribution >= 4 is 17.4 Å². The van der Waals surface area contributed by atoms with Gasteiger partial charge in [-0.2, -0.15) is 0 Å². The fourth-order valence-electron chi connectivity index (χ4n) is 1.99. The van der Waals surface area contributed by atoms with Gasteiger partial charge in [0.1, 0.15) is 16.8 Å². The zero-order chi connectivity index (χ0) is 15.4. The Bertz CT molecular complexity index is 602. The maximum Gasteiger partial charge on any atom is 0.137 e. The van der Waals surface area contributed by atoms with Crippen molar-refractivity contribution in [2.45, 2.75) is 32.7 Å². The van der Waals surface area contributed by atoms with Gasteiger partial charge < -0.3 is 10.4 Å². The largest absolute Gasteiger partial charge is 0.394 e. The van der Waals surface area contributed by atoms with E-state index in [9.17, 15) is 5.11 Å². The first-order chi connectivity index (χ1) is 10.0. The third-order valence-corrected chi connectivity index (χ3v) is 3.68. The van der Waals surface area contributed by atoms with Gasteiger partial charge in [-0.15, -0.1) is 0 Å². The number of hydrogen-bond acceptors (Lipinski definition) is 4. The molecule has 5 heteroatoms. The molecule has 0 aliphatic heterocycles. The third-order valence-electron chi connectivity index (χ3n) is 3.32. The third kappa shape index (κ3) is 3.71. The van der Waals surface area contributed by atoms with E-state index >= 15 is 0 Å². The lowest BCUT2D eigenvalue weighted by Gasteiger charge is -2.20. The predicted octanol–water partition coefficient (Wildman–Crippen LogP) is 3.71. The van der Waals surface area contributed by atoms with Crippen molar-refractivity contribution in [2.24, 2.45) is 0 Å². The first kappa shape index (κ1) is 15.7. The monoisotopic (exact) mass is 305 g/mol. The second-order valence-corrected chi connectivity index (χ2v) is 5.65. The topological polar surface area (TPSA) is 58.0 Å². The van der Waals surface area contributed by atoms with Crippen LogP contribution in [0.2, 0.25) is 5.15 Å². The summed E-state index contributed by atoms with van der Waals surface area (Å²) in [7, 11) is 0. The zero-order valence-corrected chi connectivity index (χ0v) is 13.2. The molecule has 1 aromatic heterocycles. The van der Waals surface area contributed by atoms with Crippen molar-refractivity contribution in [3.05, 3.63) is 52.4 Å². The summed E-state index contributed by atoms with van der Waals surface area (Å²) >= 11 is 6.18. The number of hydrogen-bond donors (Lipinski definition) is 2. The van der Waals surface area contributed by atoms with E-state index in [4.69, 9.17) is 11.6 Å². The number of halogens is 1. The van der Waals surface area contributed by atoms with E-state index < -0.39 is 0 Å². The van der Waals surface area contributed by atoms with Gasteiger partial charge in [-0.25, -0.2) is 9.97 Å². The number of aliphatic hydroxyl groups excluding tert-OH is 1. The lowest BCUT2D eigenvalue weighted by atomic mass is 10.1. The summed E-state index contributed by atoms with van der Waals surface area (Å²) in [4.78, 5) is 8.82. The molecule has 2 N–H and O–H groups in total. The van der Waals surface area contributed by atoms with Gasteiger partial charge in [-0.3, -0.25) is 0 Å². The van der Waals surface area contributed by atoms with Gasteiger partial charge in [0.15, 0.2) is 0 Å². The minimum absolute atomic E-state index is 0.0257. The van der Waals surface area contributed by atoms with Crippen LogP contribution < -0.4 is 5.32 Å². The Hall–Kier alpha value is -1.65. The average molecular weight is 306 g/mol. The summed E-state index contributed by atoms with van der Waals surface area (Å²) in [6.07, 6.45) is 0. The van der Waals surface area contributed by atoms with Gasteiger partial charge in [-0.05, 0) is 12.5 Å². The number of rotatable bonds is 5. The van der Waals surface area contributed by atoms with Crippen LogP contribution in [0.5, 0.6) is 0 Å². The van der Waals surface area contributed by atoms with E-state index in [2.05, 4.69) is 15.3 Å². The van der Waals surface area contributed by atoms with Crippen LogP contribution in [0.3, 0.4) is 0 Å². The molecule has 0 saturated heterocycles. The van der Waals surface area contributed by atoms with E-state index in [0.717, 1.165) is 11.1 Å². The highest BCUT2D eigenvalue weighted by molar-refractivity contribution is 6.30. The van der Waals surface area contributed by atoms with Crippen LogP contribution in [-0.4, -0.2) is 21.7 Å². The van der Waals surface area contributed by atoms with Crippen LogP contribution in [0.25, 0.3) is 0 Å². The van der Waals surface area contributed by atoms with Crippen LogP contribution in [0.1, 0.15) is 42.8 Å². The van der Waals surface area contributed by atoms with Gasteiger partial charge in [0, 0.05) is 11.5 Å². The summed E-state index contributed by atoms with van der Waals surface area (Å²) < 4.78 is 0. The van der Waals surface area contributed by atoms with Crippen molar-refractivity contribution in [3.8, 4) is 0 Å². The molecule has 112 valence electrons. The molecule has 4 nitrogen and oxygen atoms in total. The van der Waals surface area contributed by atoms with E-state index in [-0.39, 0.29) is 18.6 Å². The van der Waals surface area contributed by atoms with Crippen molar-refractivity contribution in [3.63, 3.8) is 0 Å². The molecule has 0 radical (unpaired) electrons. The second-order valence-electron chi connectivity index (χ2n) is 5.29. The molecule has 1 atom stereocenters. The normalized spacial score (nSPS) is 12.5. The van der Waals surface area contributed by atoms with Gasteiger partial charge >= 0.3 is 0 Å². The molecule has 0 spiro atoms. The molecule has 1 unspecified atom stereocenters. The molecule has 0 fully saturated rings. The second kappa shape index (κ2) is 6.87. The van der Waals surface area contributed by atoms with Crippen LogP contribution in [-0.2, 0) is 0 Å². The van der Waals surface area contributed by atoms with Gasteiger partial charge in [0.2, 0.25) is 0 Å². The first-order valence-electron chi connectivity index (χ1n) is 6.99. The lowest BCUT2D eigenvalue weighted by molar-refractivity contribution is 0.276. The number of aliphatic hydroxyl groups is 1. The van der Waals surface area contributed by atoms with E-state index in [1.165, 1.54) is 0 Å². The van der Waals surface area contributed by atoms with E-state index in [0.29, 0.717) is 16.8 Å². The molecule has 0 amide bonds. The molecule has 0 bridgehead atoms. The molecule has 2 rings (SSSR count). The maximum atomic E-state index is 9.64. The molecule has 2 aromatic rings. The summed E-state index contributed by atoms with van der Waals surface area (Å²) in [6.45, 7) is 5.88. The number of aromatic nitrogens is 2. The molecule has 21 heavy (non-hydrogen) atoms. The fraction of sp³-hybridized carbons (Fsp3) is 0.375. The highest BCUT2D eigenvalue weighted by Crippen LogP contribution is 2.26. The zero-order valence-electron chi connectivity index (χ0n) is 12.5. The Labute approximate surface area is 130 Å². The molecule has 0 aliphatic carbocycles. The average Bonchev–Trinajstić information content (AvgIpc) is 2.49. The Balaban J connectivity index is 2.33. The summed E-state index contributed by atoms with van der Waals surface area (Å²) in [5, 5.41) is 13.3. The van der Waals surface area contributed by atoms with Crippen LogP contribution in [0.4, 0.5) is 5.82 Å². The molecular weight excluding hydrogens is 286 g/mol. The standard InChI is InChI=1S/C16H20ClN3O/c1-10(2)15-19-14(17)11(3)16(20-15)18-13(9-21)12-7-5-4-6-8-12/h4-8,10,13,21H,9H2,1-3H3,(H,18,19,20). The minimum Gasteiger partial charge on any atom is -0.394 e. The van der Waals surface area contributed by atoms with Crippen LogP contribution in [0, 0.1) is 6.92 Å². The molecule has 0 saturated carbocycles. The fourth-order valence-corrected chi connectivity index (χ4v) is 2.17. The van der Waals surface area contributed by atoms with Crippen molar-refractivity contribution < 1.29 is 5.11 Å². The summed E-state index contributed by atoms with van der Waals surface area (Å²) in [5.74, 6) is 1.55. The Morgan fingerprint density at radius 1 is 1.19 bits per heavy atom. The predicted molar refractivity (Wildman–Crippen MR) is 85.8 cm³/mol. The van der Waals surface area contributed by atoms with Gasteiger partial charge in [0.05, 0.1) is 12.6 Å². The van der Waals surface area contributed by atoms with Crippen molar-refractivity contribution in [1.29, 1.82) is 0 Å². The Kier molecular flexibility index (Phi) is 5.15. The summed E-state index contributed by atoms with van der Waals surface area (Å²) in [5.41, 5.74) is 1.79. The maximum absolute atomic E-state index is 9.64. The van der Waals surface area contributed by atoms with Crippen LogP contribution in [0.15, 0.2) is 30.3 Å². The number of nitrogens with zero attached hydrogens (tertiary/aromatic N) is 2. The minimum atomic E-state index is -0.226. The Morgan fingerprint density at radius 2 is 1.86 bits per heavy atom. The van der Waals surface area contributed by atoms with Crippen molar-refractivity contribution in [2.75, 3.05) is 11.9 Å². The van der Waals surface area contributed by atoms with Crippen LogP contribution >= 0.6 is 11.6 Å². The highest BCUT2D eigenvalue weighted by Gasteiger charge is 2.16. The van der Waals surface area contributed by atoms with Gasteiger partial charge in [0.25, 0.3) is 0 Å².